The Kier molecular flexibility index (Phi) is 5.70. The molecule has 0 aliphatic rings. The molecule has 10 heteroatoms. The third-order valence-corrected chi connectivity index (χ3v) is 4.66. The van der Waals surface area contributed by atoms with Gasteiger partial charge in [0.15, 0.2) is 17.0 Å². The number of rotatable bonds is 7. The van der Waals surface area contributed by atoms with Gasteiger partial charge < -0.3 is 10.1 Å². The van der Waals surface area contributed by atoms with Gasteiger partial charge in [0.2, 0.25) is 5.82 Å². The number of hydrogen-bond acceptors (Lipinski definition) is 6. The molecular formula is C21H19F3N6O. The number of nitrogens with one attached hydrogen (secondary N) is 1. The average Bonchev–Trinajstić information content (AvgIpc) is 3.17. The van der Waals surface area contributed by atoms with E-state index < -0.39 is 12.0 Å². The quantitative estimate of drug-likeness (QED) is 0.480. The Bertz CT molecular complexity index is 1160. The molecule has 0 aliphatic carbocycles. The Morgan fingerprint density at radius 2 is 1.71 bits per heavy atom. The highest BCUT2D eigenvalue weighted by atomic mass is 19.4. The fourth-order valence-corrected chi connectivity index (χ4v) is 3.09. The zero-order chi connectivity index (χ0) is 21.8. The molecule has 0 aliphatic heterocycles. The summed E-state index contributed by atoms with van der Waals surface area (Å²) in [6.07, 6.45) is -4.11. The van der Waals surface area contributed by atoms with E-state index in [9.17, 15) is 13.2 Å². The van der Waals surface area contributed by atoms with E-state index in [1.807, 2.05) is 54.6 Å². The van der Waals surface area contributed by atoms with Crippen LogP contribution in [0.3, 0.4) is 0 Å². The number of methoxy groups -OCH3 is 1. The summed E-state index contributed by atoms with van der Waals surface area (Å²) in [5.74, 6) is -0.493. The molecule has 0 spiro atoms. The molecular weight excluding hydrogens is 409 g/mol. The minimum atomic E-state index is -4.69. The number of hydrogen-bond donors (Lipinski definition) is 1. The van der Waals surface area contributed by atoms with Gasteiger partial charge in [-0.1, -0.05) is 47.7 Å². The second-order valence-corrected chi connectivity index (χ2v) is 6.82. The van der Waals surface area contributed by atoms with Crippen molar-refractivity contribution in [2.75, 3.05) is 19.0 Å². The van der Waals surface area contributed by atoms with Crippen molar-refractivity contribution in [1.29, 1.82) is 0 Å². The van der Waals surface area contributed by atoms with Crippen molar-refractivity contribution in [2.24, 2.45) is 0 Å². The van der Waals surface area contributed by atoms with Crippen molar-refractivity contribution in [3.63, 3.8) is 0 Å². The zero-order valence-electron chi connectivity index (χ0n) is 16.6. The fraction of sp³-hybridized carbons (Fsp3) is 0.238. The van der Waals surface area contributed by atoms with Crippen LogP contribution in [0, 0.1) is 0 Å². The number of aromatic nitrogens is 5. The molecule has 4 rings (SSSR count). The molecule has 0 bridgehead atoms. The molecule has 0 saturated heterocycles. The summed E-state index contributed by atoms with van der Waals surface area (Å²) >= 11 is 0. The van der Waals surface area contributed by atoms with Gasteiger partial charge in [0.05, 0.1) is 13.7 Å². The monoisotopic (exact) mass is 428 g/mol. The van der Waals surface area contributed by atoms with E-state index in [0.29, 0.717) is 13.0 Å². The van der Waals surface area contributed by atoms with Crippen molar-refractivity contribution >= 4 is 17.0 Å². The smallest absolute Gasteiger partial charge is 0.451 e. The van der Waals surface area contributed by atoms with Gasteiger partial charge >= 0.3 is 6.18 Å². The maximum absolute atomic E-state index is 13.4. The molecule has 160 valence electrons. The number of anilines is 1. The number of ether oxygens (including phenoxy) is 1. The maximum atomic E-state index is 13.4. The summed E-state index contributed by atoms with van der Waals surface area (Å²) in [4.78, 5) is 7.36. The van der Waals surface area contributed by atoms with E-state index in [2.05, 4.69) is 25.6 Å². The lowest BCUT2D eigenvalue weighted by Crippen LogP contribution is -2.15. The SMILES string of the molecule is COc1ccc(CCNc2nc(C(F)(F)F)nc3c2nnn3Cc2ccccc2)cc1. The topological polar surface area (TPSA) is 77.8 Å². The molecule has 0 amide bonds. The van der Waals surface area contributed by atoms with Crippen LogP contribution in [0.2, 0.25) is 0 Å². The molecule has 7 nitrogen and oxygen atoms in total. The number of benzene rings is 2. The highest BCUT2D eigenvalue weighted by Gasteiger charge is 2.36. The predicted octanol–water partition coefficient (Wildman–Crippen LogP) is 3.95. The fourth-order valence-electron chi connectivity index (χ4n) is 3.09. The first kappa shape index (κ1) is 20.6. The standard InChI is InChI=1S/C21H19F3N6O/c1-31-16-9-7-14(8-10-16)11-12-25-18-17-19(27-20(26-18)21(22,23)24)30(29-28-17)13-15-5-3-2-4-6-15/h2-10H,11-13H2,1H3,(H,25,26,27). The van der Waals surface area contributed by atoms with Crippen LogP contribution in [0.25, 0.3) is 11.2 Å². The Labute approximate surface area is 175 Å². The van der Waals surface area contributed by atoms with Crippen molar-refractivity contribution in [3.05, 3.63) is 71.5 Å². The molecule has 2 aromatic heterocycles. The Hall–Kier alpha value is -3.69. The Morgan fingerprint density at radius 3 is 2.39 bits per heavy atom. The van der Waals surface area contributed by atoms with Gasteiger partial charge in [-0.05, 0) is 29.7 Å². The normalized spacial score (nSPS) is 11.6. The van der Waals surface area contributed by atoms with Crippen LogP contribution in [0.4, 0.5) is 19.0 Å². The van der Waals surface area contributed by atoms with Gasteiger partial charge in [0.25, 0.3) is 0 Å². The summed E-state index contributed by atoms with van der Waals surface area (Å²) in [6, 6.07) is 16.7. The summed E-state index contributed by atoms with van der Waals surface area (Å²) < 4.78 is 46.7. The molecule has 0 saturated carbocycles. The third kappa shape index (κ3) is 4.73. The first-order valence-corrected chi connectivity index (χ1v) is 9.53. The van der Waals surface area contributed by atoms with Crippen LogP contribution in [0.1, 0.15) is 17.0 Å². The molecule has 0 unspecified atom stereocenters. The predicted molar refractivity (Wildman–Crippen MR) is 109 cm³/mol. The number of halogens is 3. The van der Waals surface area contributed by atoms with E-state index in [0.717, 1.165) is 16.9 Å². The lowest BCUT2D eigenvalue weighted by atomic mass is 10.1. The summed E-state index contributed by atoms with van der Waals surface area (Å²) in [5.41, 5.74) is 2.09. The van der Waals surface area contributed by atoms with E-state index in [1.54, 1.807) is 7.11 Å². The maximum Gasteiger partial charge on any atom is 0.451 e. The molecule has 2 aromatic carbocycles. The summed E-state index contributed by atoms with van der Waals surface area (Å²) in [5, 5.41) is 11.0. The van der Waals surface area contributed by atoms with Crippen LogP contribution in [-0.2, 0) is 19.1 Å². The number of nitrogens with zero attached hydrogens (tertiary/aromatic N) is 5. The minimum absolute atomic E-state index is 0.00477. The second kappa shape index (κ2) is 8.58. The summed E-state index contributed by atoms with van der Waals surface area (Å²) in [7, 11) is 1.58. The first-order valence-electron chi connectivity index (χ1n) is 9.53. The Balaban J connectivity index is 1.60. The van der Waals surface area contributed by atoms with Gasteiger partial charge in [-0.3, -0.25) is 0 Å². The molecule has 0 radical (unpaired) electrons. The van der Waals surface area contributed by atoms with Crippen molar-refractivity contribution in [3.8, 4) is 5.75 Å². The molecule has 4 aromatic rings. The average molecular weight is 428 g/mol. The van der Waals surface area contributed by atoms with Gasteiger partial charge in [-0.25, -0.2) is 14.6 Å². The van der Waals surface area contributed by atoms with Crippen molar-refractivity contribution < 1.29 is 17.9 Å². The van der Waals surface area contributed by atoms with Crippen LogP contribution < -0.4 is 10.1 Å². The first-order chi connectivity index (χ1) is 14.9. The number of alkyl halides is 3. The number of fused-ring (bicyclic) bond motifs is 1. The van der Waals surface area contributed by atoms with Gasteiger partial charge in [-0.15, -0.1) is 5.10 Å². The van der Waals surface area contributed by atoms with Crippen LogP contribution >= 0.6 is 0 Å². The van der Waals surface area contributed by atoms with E-state index >= 15 is 0 Å². The highest BCUT2D eigenvalue weighted by Crippen LogP contribution is 2.29. The molecule has 1 N–H and O–H groups in total. The highest BCUT2D eigenvalue weighted by molar-refractivity contribution is 5.82. The van der Waals surface area contributed by atoms with Gasteiger partial charge in [0, 0.05) is 6.54 Å². The molecule has 0 fully saturated rings. The lowest BCUT2D eigenvalue weighted by molar-refractivity contribution is -0.144. The van der Waals surface area contributed by atoms with Crippen LogP contribution in [0.15, 0.2) is 54.6 Å². The second-order valence-electron chi connectivity index (χ2n) is 6.82. The van der Waals surface area contributed by atoms with Gasteiger partial charge in [-0.2, -0.15) is 13.2 Å². The van der Waals surface area contributed by atoms with E-state index in [1.165, 1.54) is 4.68 Å². The van der Waals surface area contributed by atoms with E-state index in [4.69, 9.17) is 4.74 Å². The lowest BCUT2D eigenvalue weighted by Gasteiger charge is -2.11. The van der Waals surface area contributed by atoms with Gasteiger partial charge in [0.1, 0.15) is 5.75 Å². The van der Waals surface area contributed by atoms with E-state index in [-0.39, 0.29) is 23.5 Å². The van der Waals surface area contributed by atoms with Crippen LogP contribution in [0.5, 0.6) is 5.75 Å². The molecule has 0 atom stereocenters. The Morgan fingerprint density at radius 1 is 0.968 bits per heavy atom. The van der Waals surface area contributed by atoms with Crippen molar-refractivity contribution in [1.82, 2.24) is 25.0 Å². The minimum Gasteiger partial charge on any atom is -0.497 e. The zero-order valence-corrected chi connectivity index (χ0v) is 16.6. The third-order valence-electron chi connectivity index (χ3n) is 4.66. The molecule has 2 heterocycles. The largest absolute Gasteiger partial charge is 0.497 e. The van der Waals surface area contributed by atoms with Crippen molar-refractivity contribution in [2.45, 2.75) is 19.1 Å². The molecule has 31 heavy (non-hydrogen) atoms. The van der Waals surface area contributed by atoms with Crippen LogP contribution in [-0.4, -0.2) is 38.6 Å². The summed E-state index contributed by atoms with van der Waals surface area (Å²) in [6.45, 7) is 0.609.